The molecule has 0 bridgehead atoms. The summed E-state index contributed by atoms with van der Waals surface area (Å²) < 4.78 is 0. The van der Waals surface area contributed by atoms with Crippen molar-refractivity contribution in [1.29, 1.82) is 0 Å². The lowest BCUT2D eigenvalue weighted by Crippen LogP contribution is -2.03. The molecule has 0 saturated carbocycles. The van der Waals surface area contributed by atoms with Crippen LogP contribution in [0.15, 0.2) is 52.8 Å². The first-order valence-corrected chi connectivity index (χ1v) is 6.84. The fraction of sp³-hybridized carbons (Fsp3) is 0. The largest absolute Gasteiger partial charge is 0.477 e. The first-order chi connectivity index (χ1) is 10.1. The summed E-state index contributed by atoms with van der Waals surface area (Å²) in [5, 5.41) is 11.0. The van der Waals surface area contributed by atoms with E-state index in [1.807, 2.05) is 24.3 Å². The van der Waals surface area contributed by atoms with E-state index in [0.717, 1.165) is 10.9 Å². The van der Waals surface area contributed by atoms with Gasteiger partial charge in [0, 0.05) is 5.39 Å². The molecule has 3 N–H and O–H groups in total. The minimum Gasteiger partial charge on any atom is -0.477 e. The van der Waals surface area contributed by atoms with Gasteiger partial charge < -0.3 is 10.8 Å². The molecule has 0 amide bonds. The molecule has 3 rings (SSSR count). The molecular weight excluding hydrogens is 288 g/mol. The highest BCUT2D eigenvalue weighted by molar-refractivity contribution is 7.99. The summed E-state index contributed by atoms with van der Waals surface area (Å²) in [5.74, 6) is -1.09. The molecule has 0 atom stereocenters. The maximum Gasteiger partial charge on any atom is 0.354 e. The Bertz CT molecular complexity index is 833. The van der Waals surface area contributed by atoms with Crippen LogP contribution in [-0.4, -0.2) is 26.0 Å². The summed E-state index contributed by atoms with van der Waals surface area (Å²) in [4.78, 5) is 23.5. The SMILES string of the molecule is Nc1ccc(C(=O)O)nc1Sc1ncnc2ccccc12. The first-order valence-electron chi connectivity index (χ1n) is 6.02. The van der Waals surface area contributed by atoms with Gasteiger partial charge in [0.15, 0.2) is 0 Å². The van der Waals surface area contributed by atoms with Gasteiger partial charge in [0.25, 0.3) is 0 Å². The Kier molecular flexibility index (Phi) is 3.41. The number of hydrogen-bond acceptors (Lipinski definition) is 6. The molecule has 0 saturated heterocycles. The molecular formula is C14H10N4O2S. The number of carbonyl (C=O) groups is 1. The zero-order valence-corrected chi connectivity index (χ0v) is 11.5. The number of rotatable bonds is 3. The average Bonchev–Trinajstić information content (AvgIpc) is 2.49. The Morgan fingerprint density at radius 2 is 1.90 bits per heavy atom. The zero-order valence-electron chi connectivity index (χ0n) is 10.7. The van der Waals surface area contributed by atoms with E-state index in [9.17, 15) is 4.79 Å². The van der Waals surface area contributed by atoms with Crippen molar-refractivity contribution in [2.75, 3.05) is 5.73 Å². The van der Waals surface area contributed by atoms with Crippen LogP contribution in [0.2, 0.25) is 0 Å². The van der Waals surface area contributed by atoms with E-state index >= 15 is 0 Å². The fourth-order valence-corrected chi connectivity index (χ4v) is 2.70. The lowest BCUT2D eigenvalue weighted by Gasteiger charge is -2.07. The predicted octanol–water partition coefficient (Wildman–Crippen LogP) is 2.46. The third-order valence-electron chi connectivity index (χ3n) is 2.81. The molecule has 0 radical (unpaired) electrons. The van der Waals surface area contributed by atoms with Crippen LogP contribution < -0.4 is 5.73 Å². The van der Waals surface area contributed by atoms with Crippen molar-refractivity contribution in [3.8, 4) is 0 Å². The highest BCUT2D eigenvalue weighted by Gasteiger charge is 2.12. The van der Waals surface area contributed by atoms with Crippen molar-refractivity contribution < 1.29 is 9.90 Å². The summed E-state index contributed by atoms with van der Waals surface area (Å²) in [6.45, 7) is 0. The molecule has 0 spiro atoms. The lowest BCUT2D eigenvalue weighted by molar-refractivity contribution is 0.0690. The molecule has 1 aromatic carbocycles. The van der Waals surface area contributed by atoms with Gasteiger partial charge in [-0.05, 0) is 30.0 Å². The van der Waals surface area contributed by atoms with Crippen LogP contribution in [-0.2, 0) is 0 Å². The molecule has 7 heteroatoms. The lowest BCUT2D eigenvalue weighted by atomic mass is 10.2. The highest BCUT2D eigenvalue weighted by Crippen LogP contribution is 2.32. The van der Waals surface area contributed by atoms with Gasteiger partial charge in [0.05, 0.1) is 11.2 Å². The Morgan fingerprint density at radius 1 is 1.10 bits per heavy atom. The highest BCUT2D eigenvalue weighted by atomic mass is 32.2. The molecule has 0 unspecified atom stereocenters. The van der Waals surface area contributed by atoms with Crippen molar-refractivity contribution in [3.63, 3.8) is 0 Å². The first kappa shape index (κ1) is 13.3. The van der Waals surface area contributed by atoms with Crippen LogP contribution in [0.25, 0.3) is 10.9 Å². The van der Waals surface area contributed by atoms with Crippen LogP contribution in [0.5, 0.6) is 0 Å². The number of nitrogen functional groups attached to an aromatic ring is 1. The van der Waals surface area contributed by atoms with E-state index in [1.54, 1.807) is 0 Å². The van der Waals surface area contributed by atoms with Crippen molar-refractivity contribution in [1.82, 2.24) is 15.0 Å². The molecule has 0 aliphatic heterocycles. The van der Waals surface area contributed by atoms with Gasteiger partial charge in [-0.2, -0.15) is 0 Å². The monoisotopic (exact) mass is 298 g/mol. The third-order valence-corrected chi connectivity index (χ3v) is 3.85. The number of nitrogens with zero attached hydrogens (tertiary/aromatic N) is 3. The third kappa shape index (κ3) is 2.63. The van der Waals surface area contributed by atoms with Gasteiger partial charge in [-0.25, -0.2) is 19.7 Å². The molecule has 0 fully saturated rings. The Labute approximate surface area is 124 Å². The van der Waals surface area contributed by atoms with Gasteiger partial charge >= 0.3 is 5.97 Å². The number of anilines is 1. The molecule has 6 nitrogen and oxygen atoms in total. The average molecular weight is 298 g/mol. The topological polar surface area (TPSA) is 102 Å². The van der Waals surface area contributed by atoms with Crippen molar-refractivity contribution in [3.05, 3.63) is 48.4 Å². The van der Waals surface area contributed by atoms with Gasteiger partial charge in [-0.3, -0.25) is 0 Å². The number of carboxylic acid groups (broad SMARTS) is 1. The number of benzene rings is 1. The fourth-order valence-electron chi connectivity index (χ4n) is 1.81. The molecule has 0 aliphatic rings. The number of carboxylic acids is 1. The number of hydrogen-bond donors (Lipinski definition) is 2. The van der Waals surface area contributed by atoms with E-state index < -0.39 is 5.97 Å². The summed E-state index contributed by atoms with van der Waals surface area (Å²) in [5.41, 5.74) is 7.03. The summed E-state index contributed by atoms with van der Waals surface area (Å²) >= 11 is 1.22. The van der Waals surface area contributed by atoms with Crippen LogP contribution in [0, 0.1) is 0 Å². The quantitative estimate of drug-likeness (QED) is 0.716. The van der Waals surface area contributed by atoms with E-state index in [-0.39, 0.29) is 5.69 Å². The Hall–Kier alpha value is -2.67. The standard InChI is InChI=1S/C14H10N4O2S/c15-9-5-6-11(14(19)20)18-13(9)21-12-8-3-1-2-4-10(8)16-7-17-12/h1-7H,15H2,(H,19,20). The maximum atomic E-state index is 11.0. The second-order valence-corrected chi connectivity index (χ2v) is 5.17. The summed E-state index contributed by atoms with van der Waals surface area (Å²) in [6, 6.07) is 10.5. The van der Waals surface area contributed by atoms with E-state index in [0.29, 0.717) is 15.7 Å². The van der Waals surface area contributed by atoms with E-state index in [1.165, 1.54) is 30.2 Å². The molecule has 2 heterocycles. The smallest absolute Gasteiger partial charge is 0.354 e. The minimum atomic E-state index is -1.09. The van der Waals surface area contributed by atoms with Crippen LogP contribution in [0.4, 0.5) is 5.69 Å². The van der Waals surface area contributed by atoms with E-state index in [4.69, 9.17) is 10.8 Å². The Balaban J connectivity index is 2.06. The molecule has 2 aromatic heterocycles. The van der Waals surface area contributed by atoms with Crippen LogP contribution in [0.3, 0.4) is 0 Å². The van der Waals surface area contributed by atoms with Gasteiger partial charge in [-0.15, -0.1) is 0 Å². The predicted molar refractivity (Wildman–Crippen MR) is 79.3 cm³/mol. The number of aromatic carboxylic acids is 1. The second-order valence-electron chi connectivity index (χ2n) is 4.19. The summed E-state index contributed by atoms with van der Waals surface area (Å²) in [6.07, 6.45) is 1.46. The van der Waals surface area contributed by atoms with E-state index in [2.05, 4.69) is 15.0 Å². The normalized spacial score (nSPS) is 10.7. The number of nitrogens with two attached hydrogens (primary N) is 1. The van der Waals surface area contributed by atoms with Crippen LogP contribution in [0.1, 0.15) is 10.5 Å². The van der Waals surface area contributed by atoms with Crippen molar-refractivity contribution >= 4 is 34.3 Å². The maximum absolute atomic E-state index is 11.0. The van der Waals surface area contributed by atoms with Crippen LogP contribution >= 0.6 is 11.8 Å². The van der Waals surface area contributed by atoms with Gasteiger partial charge in [0.2, 0.25) is 0 Å². The van der Waals surface area contributed by atoms with Gasteiger partial charge in [0.1, 0.15) is 22.1 Å². The Morgan fingerprint density at radius 3 is 2.71 bits per heavy atom. The zero-order chi connectivity index (χ0) is 14.8. The molecule has 0 aliphatic carbocycles. The summed E-state index contributed by atoms with van der Waals surface area (Å²) in [7, 11) is 0. The van der Waals surface area contributed by atoms with Gasteiger partial charge in [-0.1, -0.05) is 18.2 Å². The number of fused-ring (bicyclic) bond motifs is 1. The number of para-hydroxylation sites is 1. The molecule has 3 aromatic rings. The number of pyridine rings is 1. The minimum absolute atomic E-state index is 0.0509. The number of aromatic nitrogens is 3. The second kappa shape index (κ2) is 5.37. The van der Waals surface area contributed by atoms with Crippen molar-refractivity contribution in [2.45, 2.75) is 10.1 Å². The molecule has 21 heavy (non-hydrogen) atoms. The molecule has 104 valence electrons. The van der Waals surface area contributed by atoms with Crippen molar-refractivity contribution in [2.24, 2.45) is 0 Å².